The van der Waals surface area contributed by atoms with Crippen LogP contribution in [0.4, 0.5) is 0 Å². The van der Waals surface area contributed by atoms with Crippen molar-refractivity contribution < 1.29 is 10.2 Å². The molecule has 36 heavy (non-hydrogen) atoms. The minimum atomic E-state index is 0.281. The first kappa shape index (κ1) is 25.4. The van der Waals surface area contributed by atoms with Crippen LogP contribution in [0.3, 0.4) is 0 Å². The summed E-state index contributed by atoms with van der Waals surface area (Å²) < 4.78 is 0. The highest BCUT2D eigenvalue weighted by Crippen LogP contribution is 2.41. The maximum absolute atomic E-state index is 11.1. The van der Waals surface area contributed by atoms with Gasteiger partial charge in [0, 0.05) is 11.1 Å². The molecule has 4 aromatic rings. The minimum absolute atomic E-state index is 0.281. The van der Waals surface area contributed by atoms with Gasteiger partial charge in [-0.15, -0.1) is 0 Å². The lowest BCUT2D eigenvalue weighted by Gasteiger charge is -2.19. The van der Waals surface area contributed by atoms with E-state index in [1.165, 1.54) is 0 Å². The molecule has 0 bridgehead atoms. The van der Waals surface area contributed by atoms with E-state index in [2.05, 4.69) is 13.8 Å². The van der Waals surface area contributed by atoms with Crippen molar-refractivity contribution in [2.24, 2.45) is 0 Å². The van der Waals surface area contributed by atoms with Crippen LogP contribution in [0.15, 0.2) is 24.3 Å². The van der Waals surface area contributed by atoms with Gasteiger partial charge in [-0.05, 0) is 149 Å². The van der Waals surface area contributed by atoms with Gasteiger partial charge in [-0.3, -0.25) is 0 Å². The molecule has 0 radical (unpaired) electrons. The van der Waals surface area contributed by atoms with Gasteiger partial charge in [-0.25, -0.2) is 9.97 Å². The molecule has 4 nitrogen and oxygen atoms in total. The van der Waals surface area contributed by atoms with Gasteiger partial charge in [-0.1, -0.05) is 0 Å². The van der Waals surface area contributed by atoms with Crippen LogP contribution in [0.1, 0.15) is 55.6 Å². The molecule has 0 spiro atoms. The highest BCUT2D eigenvalue weighted by atomic mass is 16.3. The zero-order valence-electron chi connectivity index (χ0n) is 23.1. The molecular weight excluding hydrogens is 444 g/mol. The Hall–Kier alpha value is -3.66. The molecule has 0 atom stereocenters. The van der Waals surface area contributed by atoms with Gasteiger partial charge in [0.1, 0.15) is 11.5 Å². The molecule has 0 unspecified atom stereocenters. The van der Waals surface area contributed by atoms with Crippen LogP contribution in [0, 0.1) is 69.2 Å². The maximum atomic E-state index is 11.1. The summed E-state index contributed by atoms with van der Waals surface area (Å²) in [6.45, 7) is 20.3. The second kappa shape index (κ2) is 9.09. The number of nitrogens with zero attached hydrogens (tertiary/aromatic N) is 2. The molecule has 2 aromatic heterocycles. The fraction of sp³-hybridized carbons (Fsp3) is 0.312. The highest BCUT2D eigenvalue weighted by Gasteiger charge is 2.20. The van der Waals surface area contributed by atoms with Crippen molar-refractivity contribution in [3.63, 3.8) is 0 Å². The van der Waals surface area contributed by atoms with Crippen molar-refractivity contribution >= 4 is 0 Å². The van der Waals surface area contributed by atoms with E-state index in [-0.39, 0.29) is 11.5 Å². The third kappa shape index (κ3) is 4.05. The molecule has 186 valence electrons. The molecule has 0 aliphatic rings. The first-order valence-corrected chi connectivity index (χ1v) is 12.4. The van der Waals surface area contributed by atoms with E-state index in [4.69, 9.17) is 9.97 Å². The predicted molar refractivity (Wildman–Crippen MR) is 149 cm³/mol. The first-order chi connectivity index (χ1) is 16.8. The van der Waals surface area contributed by atoms with E-state index in [1.807, 2.05) is 79.7 Å². The van der Waals surface area contributed by atoms with Crippen LogP contribution in [0.25, 0.3) is 33.9 Å². The van der Waals surface area contributed by atoms with E-state index in [0.717, 1.165) is 89.5 Å². The molecule has 0 aliphatic carbocycles. The molecule has 0 saturated heterocycles. The second-order valence-electron chi connectivity index (χ2n) is 10.3. The molecule has 2 N–H and O–H groups in total. The van der Waals surface area contributed by atoms with Gasteiger partial charge in [0.15, 0.2) is 0 Å². The van der Waals surface area contributed by atoms with Crippen molar-refractivity contribution in [1.82, 2.24) is 9.97 Å². The number of aromatic hydroxyl groups is 2. The van der Waals surface area contributed by atoms with Crippen LogP contribution >= 0.6 is 0 Å². The number of hydrogen-bond donors (Lipinski definition) is 2. The number of aromatic nitrogens is 2. The lowest BCUT2D eigenvalue weighted by molar-refractivity contribution is 0.471. The first-order valence-electron chi connectivity index (χ1n) is 12.4. The van der Waals surface area contributed by atoms with Gasteiger partial charge in [-0.2, -0.15) is 0 Å². The second-order valence-corrected chi connectivity index (χ2v) is 10.3. The molecule has 2 heterocycles. The monoisotopic (exact) mass is 480 g/mol. The smallest absolute Gasteiger partial charge is 0.128 e. The fourth-order valence-corrected chi connectivity index (χ4v) is 5.07. The Kier molecular flexibility index (Phi) is 6.42. The molecule has 4 rings (SSSR count). The molecule has 4 heteroatoms. The summed E-state index contributed by atoms with van der Waals surface area (Å²) in [4.78, 5) is 9.99. The lowest BCUT2D eigenvalue weighted by Crippen LogP contribution is -2.01. The number of rotatable bonds is 3. The number of hydrogen-bond acceptors (Lipinski definition) is 4. The van der Waals surface area contributed by atoms with Crippen LogP contribution in [0.5, 0.6) is 11.5 Å². The van der Waals surface area contributed by atoms with Crippen molar-refractivity contribution in [2.75, 3.05) is 0 Å². The van der Waals surface area contributed by atoms with Gasteiger partial charge in [0.05, 0.1) is 22.8 Å². The van der Waals surface area contributed by atoms with E-state index < -0.39 is 0 Å². The molecule has 2 aromatic carbocycles. The number of pyridine rings is 2. The standard InChI is InChI=1S/C32H36N2O2/c1-15-11-25(33-27(13-15)29-21(7)17(3)19(5)23(9)31(29)35)26-12-16(2)14-28(34-26)30-22(8)18(4)20(6)24(10)32(30)36/h11-14,35-36H,1-10H3. The normalized spacial score (nSPS) is 11.3. The number of aryl methyl sites for hydroxylation is 2. The third-order valence-electron chi connectivity index (χ3n) is 8.02. The van der Waals surface area contributed by atoms with Crippen molar-refractivity contribution in [1.29, 1.82) is 0 Å². The Morgan fingerprint density at radius 1 is 0.389 bits per heavy atom. The minimum Gasteiger partial charge on any atom is -0.507 e. The van der Waals surface area contributed by atoms with E-state index in [0.29, 0.717) is 0 Å². The van der Waals surface area contributed by atoms with E-state index in [1.54, 1.807) is 0 Å². The quantitative estimate of drug-likeness (QED) is 0.312. The van der Waals surface area contributed by atoms with Crippen LogP contribution in [0.2, 0.25) is 0 Å². The molecule has 0 fully saturated rings. The summed E-state index contributed by atoms with van der Waals surface area (Å²) in [5.74, 6) is 0.562. The highest BCUT2D eigenvalue weighted by molar-refractivity contribution is 5.79. The molecular formula is C32H36N2O2. The number of phenols is 2. The summed E-state index contributed by atoms with van der Waals surface area (Å²) in [5, 5.41) is 22.2. The van der Waals surface area contributed by atoms with E-state index in [9.17, 15) is 10.2 Å². The number of phenolic OH excluding ortho intramolecular Hbond substituents is 2. The average molecular weight is 481 g/mol. The molecule has 0 amide bonds. The Morgan fingerprint density at radius 2 is 0.667 bits per heavy atom. The lowest BCUT2D eigenvalue weighted by atomic mass is 9.90. The maximum Gasteiger partial charge on any atom is 0.128 e. The van der Waals surface area contributed by atoms with Gasteiger partial charge in [0.2, 0.25) is 0 Å². The Bertz CT molecular complexity index is 1370. The van der Waals surface area contributed by atoms with Crippen molar-refractivity contribution in [2.45, 2.75) is 69.2 Å². The summed E-state index contributed by atoms with van der Waals surface area (Å²) in [6, 6.07) is 8.07. The van der Waals surface area contributed by atoms with Gasteiger partial charge in [0.25, 0.3) is 0 Å². The Morgan fingerprint density at radius 3 is 1.00 bits per heavy atom. The van der Waals surface area contributed by atoms with Crippen LogP contribution < -0.4 is 0 Å². The average Bonchev–Trinajstić information content (AvgIpc) is 2.83. The Labute approximate surface area is 214 Å². The van der Waals surface area contributed by atoms with Gasteiger partial charge < -0.3 is 10.2 Å². The van der Waals surface area contributed by atoms with Gasteiger partial charge >= 0.3 is 0 Å². The number of benzene rings is 2. The Balaban J connectivity index is 1.96. The van der Waals surface area contributed by atoms with Crippen LogP contribution in [-0.4, -0.2) is 20.2 Å². The van der Waals surface area contributed by atoms with Crippen molar-refractivity contribution in [3.8, 4) is 45.4 Å². The summed E-state index contributed by atoms with van der Waals surface area (Å²) in [6.07, 6.45) is 0. The zero-order valence-corrected chi connectivity index (χ0v) is 23.1. The summed E-state index contributed by atoms with van der Waals surface area (Å²) in [7, 11) is 0. The fourth-order valence-electron chi connectivity index (χ4n) is 5.07. The summed E-state index contributed by atoms with van der Waals surface area (Å²) >= 11 is 0. The predicted octanol–water partition coefficient (Wildman–Crippen LogP) is 7.97. The van der Waals surface area contributed by atoms with E-state index >= 15 is 0 Å². The SMILES string of the molecule is Cc1cc(-c2cc(C)cc(-c3c(C)c(C)c(C)c(C)c3O)n2)nc(-c2c(C)c(C)c(C)c(C)c2O)c1. The third-order valence-corrected chi connectivity index (χ3v) is 8.02. The van der Waals surface area contributed by atoms with Crippen molar-refractivity contribution in [3.05, 3.63) is 79.9 Å². The largest absolute Gasteiger partial charge is 0.507 e. The molecule has 0 saturated carbocycles. The molecule has 0 aliphatic heterocycles. The van der Waals surface area contributed by atoms with Crippen LogP contribution in [-0.2, 0) is 0 Å². The topological polar surface area (TPSA) is 66.2 Å². The zero-order chi connectivity index (χ0) is 26.6. The summed E-state index contributed by atoms with van der Waals surface area (Å²) in [5.41, 5.74) is 14.9.